The van der Waals surface area contributed by atoms with Gasteiger partial charge < -0.3 is 0 Å². The van der Waals surface area contributed by atoms with Gasteiger partial charge in [0.1, 0.15) is 0 Å². The number of allylic oxidation sites excluding steroid dienone is 8. The standard InChI is InChI=1S/C16H24/c1-8-9-11(2)10-15-13(4)12(3)14(5)16(15,6)7/h8-10H,1-7H3. The highest BCUT2D eigenvalue weighted by molar-refractivity contribution is 5.55. The first-order chi connectivity index (χ1) is 7.32. The molecule has 0 heteroatoms. The molecule has 0 nitrogen and oxygen atoms in total. The van der Waals surface area contributed by atoms with E-state index in [-0.39, 0.29) is 5.41 Å². The Morgan fingerprint density at radius 2 is 1.62 bits per heavy atom. The van der Waals surface area contributed by atoms with Gasteiger partial charge in [-0.1, -0.05) is 43.2 Å². The summed E-state index contributed by atoms with van der Waals surface area (Å²) in [5, 5.41) is 0. The molecule has 0 radical (unpaired) electrons. The molecular formula is C16H24. The monoisotopic (exact) mass is 216 g/mol. The second-order valence-corrected chi connectivity index (χ2v) is 5.30. The summed E-state index contributed by atoms with van der Waals surface area (Å²) in [4.78, 5) is 0. The fraction of sp³-hybridized carbons (Fsp3) is 0.500. The van der Waals surface area contributed by atoms with Crippen molar-refractivity contribution in [3.8, 4) is 0 Å². The van der Waals surface area contributed by atoms with Crippen LogP contribution in [0.4, 0.5) is 0 Å². The Bertz CT molecular complexity index is 409. The molecule has 0 aromatic carbocycles. The first-order valence-electron chi connectivity index (χ1n) is 6.03. The van der Waals surface area contributed by atoms with Crippen LogP contribution < -0.4 is 0 Å². The van der Waals surface area contributed by atoms with E-state index in [0.29, 0.717) is 0 Å². The van der Waals surface area contributed by atoms with Crippen LogP contribution in [0.25, 0.3) is 0 Å². The quantitative estimate of drug-likeness (QED) is 0.556. The number of hydrogen-bond donors (Lipinski definition) is 0. The molecule has 0 aromatic rings. The van der Waals surface area contributed by atoms with Gasteiger partial charge in [-0.3, -0.25) is 0 Å². The molecule has 16 heavy (non-hydrogen) atoms. The summed E-state index contributed by atoms with van der Waals surface area (Å²) in [6.45, 7) is 15.6. The van der Waals surface area contributed by atoms with Gasteiger partial charge in [-0.25, -0.2) is 0 Å². The first-order valence-corrected chi connectivity index (χ1v) is 6.03. The van der Waals surface area contributed by atoms with Crippen molar-refractivity contribution in [3.63, 3.8) is 0 Å². The smallest absolute Gasteiger partial charge is 0.0111 e. The van der Waals surface area contributed by atoms with Gasteiger partial charge in [0.15, 0.2) is 0 Å². The highest BCUT2D eigenvalue weighted by Crippen LogP contribution is 2.47. The summed E-state index contributed by atoms with van der Waals surface area (Å²) in [5.41, 5.74) is 7.41. The second kappa shape index (κ2) is 4.45. The molecule has 0 N–H and O–H groups in total. The molecular weight excluding hydrogens is 192 g/mol. The second-order valence-electron chi connectivity index (χ2n) is 5.30. The molecule has 1 aliphatic rings. The predicted octanol–water partition coefficient (Wildman–Crippen LogP) is 5.20. The average molecular weight is 216 g/mol. The third kappa shape index (κ3) is 2.07. The Morgan fingerprint density at radius 3 is 2.00 bits per heavy atom. The van der Waals surface area contributed by atoms with Gasteiger partial charge in [0, 0.05) is 5.41 Å². The van der Waals surface area contributed by atoms with Crippen LogP contribution in [0.15, 0.2) is 46.1 Å². The maximum atomic E-state index is 2.33. The van der Waals surface area contributed by atoms with E-state index in [1.54, 1.807) is 0 Å². The molecule has 0 fully saturated rings. The Morgan fingerprint density at radius 1 is 1.06 bits per heavy atom. The van der Waals surface area contributed by atoms with Crippen molar-refractivity contribution >= 4 is 0 Å². The predicted molar refractivity (Wildman–Crippen MR) is 73.4 cm³/mol. The minimum atomic E-state index is 0.191. The van der Waals surface area contributed by atoms with Crippen LogP contribution in [0, 0.1) is 5.41 Å². The van der Waals surface area contributed by atoms with Crippen LogP contribution in [0.5, 0.6) is 0 Å². The van der Waals surface area contributed by atoms with Crippen molar-refractivity contribution in [1.29, 1.82) is 0 Å². The van der Waals surface area contributed by atoms with Gasteiger partial charge in [0.05, 0.1) is 0 Å². The number of rotatable bonds is 2. The minimum Gasteiger partial charge on any atom is -0.0874 e. The SMILES string of the molecule is CC=CC(C)=CC1=C(C)C(C)=C(C)C1(C)C. The summed E-state index contributed by atoms with van der Waals surface area (Å²) in [6, 6.07) is 0. The maximum Gasteiger partial charge on any atom is 0.0111 e. The third-order valence-corrected chi connectivity index (χ3v) is 3.94. The lowest BCUT2D eigenvalue weighted by molar-refractivity contribution is 0.560. The Kier molecular flexibility index (Phi) is 3.62. The van der Waals surface area contributed by atoms with E-state index in [9.17, 15) is 0 Å². The molecule has 0 spiro atoms. The highest BCUT2D eigenvalue weighted by atomic mass is 14.4. The van der Waals surface area contributed by atoms with Crippen molar-refractivity contribution in [3.05, 3.63) is 46.1 Å². The minimum absolute atomic E-state index is 0.191. The van der Waals surface area contributed by atoms with Crippen LogP contribution in [-0.4, -0.2) is 0 Å². The van der Waals surface area contributed by atoms with Crippen LogP contribution >= 0.6 is 0 Å². The van der Waals surface area contributed by atoms with E-state index in [4.69, 9.17) is 0 Å². The molecule has 0 unspecified atom stereocenters. The van der Waals surface area contributed by atoms with E-state index in [1.165, 1.54) is 27.9 Å². The van der Waals surface area contributed by atoms with Crippen molar-refractivity contribution < 1.29 is 0 Å². The molecule has 0 saturated carbocycles. The van der Waals surface area contributed by atoms with Gasteiger partial charge in [0.25, 0.3) is 0 Å². The van der Waals surface area contributed by atoms with E-state index >= 15 is 0 Å². The van der Waals surface area contributed by atoms with Crippen LogP contribution in [0.2, 0.25) is 0 Å². The summed E-state index contributed by atoms with van der Waals surface area (Å²) in [6.07, 6.45) is 6.59. The topological polar surface area (TPSA) is 0 Å². The summed E-state index contributed by atoms with van der Waals surface area (Å²) in [7, 11) is 0. The molecule has 0 atom stereocenters. The zero-order valence-corrected chi connectivity index (χ0v) is 11.7. The molecule has 1 aliphatic carbocycles. The normalized spacial score (nSPS) is 21.6. The Hall–Kier alpha value is -1.04. The van der Waals surface area contributed by atoms with Crippen LogP contribution in [0.3, 0.4) is 0 Å². The highest BCUT2D eigenvalue weighted by Gasteiger charge is 2.32. The van der Waals surface area contributed by atoms with E-state index in [0.717, 1.165) is 0 Å². The largest absolute Gasteiger partial charge is 0.0874 e. The molecule has 0 bridgehead atoms. The molecule has 0 saturated heterocycles. The van der Waals surface area contributed by atoms with Crippen molar-refractivity contribution in [2.24, 2.45) is 5.41 Å². The lowest BCUT2D eigenvalue weighted by atomic mass is 9.80. The lowest BCUT2D eigenvalue weighted by Gasteiger charge is -2.24. The molecule has 0 aromatic heterocycles. The van der Waals surface area contributed by atoms with Crippen molar-refractivity contribution in [2.45, 2.75) is 48.5 Å². The zero-order chi connectivity index (χ0) is 12.5. The van der Waals surface area contributed by atoms with Gasteiger partial charge in [-0.2, -0.15) is 0 Å². The zero-order valence-electron chi connectivity index (χ0n) is 11.7. The van der Waals surface area contributed by atoms with E-state index < -0.39 is 0 Å². The van der Waals surface area contributed by atoms with Crippen molar-refractivity contribution in [1.82, 2.24) is 0 Å². The molecule has 0 aliphatic heterocycles. The van der Waals surface area contributed by atoms with Gasteiger partial charge in [-0.05, 0) is 51.3 Å². The number of hydrogen-bond acceptors (Lipinski definition) is 0. The lowest BCUT2D eigenvalue weighted by Crippen LogP contribution is -2.12. The molecule has 88 valence electrons. The van der Waals surface area contributed by atoms with Gasteiger partial charge >= 0.3 is 0 Å². The maximum absolute atomic E-state index is 2.33. The fourth-order valence-electron chi connectivity index (χ4n) is 2.45. The Balaban J connectivity index is 3.23. The van der Waals surface area contributed by atoms with Gasteiger partial charge in [0.2, 0.25) is 0 Å². The molecule has 0 heterocycles. The van der Waals surface area contributed by atoms with Crippen molar-refractivity contribution in [2.75, 3.05) is 0 Å². The molecule has 0 amide bonds. The first kappa shape index (κ1) is 13.0. The van der Waals surface area contributed by atoms with Crippen LogP contribution in [0.1, 0.15) is 48.5 Å². The summed E-state index contributed by atoms with van der Waals surface area (Å²) < 4.78 is 0. The Labute approximate surface area is 100 Å². The summed E-state index contributed by atoms with van der Waals surface area (Å²) in [5.74, 6) is 0. The summed E-state index contributed by atoms with van der Waals surface area (Å²) >= 11 is 0. The van der Waals surface area contributed by atoms with E-state index in [2.05, 4.69) is 66.7 Å². The molecule has 1 rings (SSSR count). The fourth-order valence-corrected chi connectivity index (χ4v) is 2.45. The van der Waals surface area contributed by atoms with E-state index in [1.807, 2.05) is 0 Å². The van der Waals surface area contributed by atoms with Gasteiger partial charge in [-0.15, -0.1) is 0 Å². The average Bonchev–Trinajstić information content (AvgIpc) is 2.34. The third-order valence-electron chi connectivity index (χ3n) is 3.94. The van der Waals surface area contributed by atoms with Crippen LogP contribution in [-0.2, 0) is 0 Å².